The second kappa shape index (κ2) is 8.34. The molecule has 160 valence electrons. The van der Waals surface area contributed by atoms with Gasteiger partial charge in [-0.25, -0.2) is 9.97 Å². The summed E-state index contributed by atoms with van der Waals surface area (Å²) >= 11 is 0. The number of carbonyl (C=O) groups is 1. The summed E-state index contributed by atoms with van der Waals surface area (Å²) in [5.74, 6) is 1.88. The van der Waals surface area contributed by atoms with Crippen LogP contribution < -0.4 is 5.32 Å². The summed E-state index contributed by atoms with van der Waals surface area (Å²) in [5.41, 5.74) is 1.30. The Morgan fingerprint density at radius 3 is 2.57 bits per heavy atom. The number of amides is 1. The minimum Gasteiger partial charge on any atom is -0.381 e. The summed E-state index contributed by atoms with van der Waals surface area (Å²) in [6.45, 7) is 6.87. The summed E-state index contributed by atoms with van der Waals surface area (Å²) in [6, 6.07) is 12.2. The van der Waals surface area contributed by atoms with Crippen LogP contribution >= 0.6 is 0 Å². The molecule has 1 amide bonds. The van der Waals surface area contributed by atoms with Crippen LogP contribution in [0, 0.1) is 6.92 Å². The first-order valence-electron chi connectivity index (χ1n) is 10.9. The minimum atomic E-state index is -0.499. The van der Waals surface area contributed by atoms with Gasteiger partial charge < -0.3 is 15.0 Å². The first-order chi connectivity index (χ1) is 14.5. The Morgan fingerprint density at radius 2 is 1.87 bits per heavy atom. The van der Waals surface area contributed by atoms with E-state index in [9.17, 15) is 4.79 Å². The number of nitrogens with one attached hydrogen (secondary N) is 1. The summed E-state index contributed by atoms with van der Waals surface area (Å²) in [5, 5.41) is 3.13. The van der Waals surface area contributed by atoms with Gasteiger partial charge in [0.15, 0.2) is 0 Å². The molecule has 2 fully saturated rings. The van der Waals surface area contributed by atoms with Crippen LogP contribution in [0.4, 0.5) is 5.82 Å². The molecule has 2 aliphatic heterocycles. The van der Waals surface area contributed by atoms with E-state index in [1.807, 2.05) is 38.2 Å². The van der Waals surface area contributed by atoms with E-state index in [1.54, 1.807) is 0 Å². The van der Waals surface area contributed by atoms with E-state index in [0.717, 1.165) is 55.1 Å². The van der Waals surface area contributed by atoms with Gasteiger partial charge in [-0.15, -0.1) is 0 Å². The summed E-state index contributed by atoms with van der Waals surface area (Å²) in [7, 11) is 1.87. The lowest BCUT2D eigenvalue weighted by Gasteiger charge is -2.45. The molecule has 6 heteroatoms. The molecule has 3 heterocycles. The van der Waals surface area contributed by atoms with Crippen LogP contribution in [-0.4, -0.2) is 54.1 Å². The number of aryl methyl sites for hydroxylation is 1. The molecule has 0 unspecified atom stereocenters. The molecule has 0 spiro atoms. The first kappa shape index (κ1) is 20.8. The van der Waals surface area contributed by atoms with Gasteiger partial charge in [-0.3, -0.25) is 4.79 Å². The van der Waals surface area contributed by atoms with Gasteiger partial charge in [0.2, 0.25) is 5.91 Å². The predicted octanol–water partition coefficient (Wildman–Crippen LogP) is 3.46. The zero-order chi connectivity index (χ0) is 21.2. The average Bonchev–Trinajstić information content (AvgIpc) is 2.79. The molecule has 6 nitrogen and oxygen atoms in total. The van der Waals surface area contributed by atoms with Crippen LogP contribution in [0.25, 0.3) is 0 Å². The highest BCUT2D eigenvalue weighted by molar-refractivity contribution is 5.88. The first-order valence-corrected chi connectivity index (χ1v) is 10.9. The molecule has 0 aliphatic carbocycles. The Morgan fingerprint density at radius 1 is 1.13 bits per heavy atom. The van der Waals surface area contributed by atoms with Crippen LogP contribution in [0.2, 0.25) is 0 Å². The number of ether oxygens (including phenoxy) is 1. The zero-order valence-corrected chi connectivity index (χ0v) is 18.3. The fourth-order valence-corrected chi connectivity index (χ4v) is 4.97. The number of likely N-dealkylation sites (tertiary alicyclic amines) is 1. The van der Waals surface area contributed by atoms with Gasteiger partial charge in [0.25, 0.3) is 0 Å². The highest BCUT2D eigenvalue weighted by Crippen LogP contribution is 2.40. The number of benzene rings is 1. The molecule has 2 aromatic rings. The van der Waals surface area contributed by atoms with Crippen molar-refractivity contribution in [2.24, 2.45) is 0 Å². The maximum Gasteiger partial charge on any atom is 0.233 e. The van der Waals surface area contributed by atoms with Crippen LogP contribution in [0.5, 0.6) is 0 Å². The molecule has 0 bridgehead atoms. The Kier molecular flexibility index (Phi) is 5.78. The number of hydrogen-bond acceptors (Lipinski definition) is 5. The number of rotatable bonds is 4. The van der Waals surface area contributed by atoms with Crippen molar-refractivity contribution in [3.8, 4) is 0 Å². The number of hydrogen-bond donors (Lipinski definition) is 1. The smallest absolute Gasteiger partial charge is 0.233 e. The number of carbonyl (C=O) groups excluding carboxylic acids is 1. The Balaban J connectivity index is 1.65. The van der Waals surface area contributed by atoms with E-state index in [-0.39, 0.29) is 11.3 Å². The monoisotopic (exact) mass is 408 g/mol. The van der Waals surface area contributed by atoms with E-state index in [4.69, 9.17) is 14.7 Å². The molecule has 1 N–H and O–H groups in total. The quantitative estimate of drug-likeness (QED) is 0.839. The van der Waals surface area contributed by atoms with Crippen LogP contribution in [-0.2, 0) is 20.4 Å². The van der Waals surface area contributed by atoms with Crippen molar-refractivity contribution >= 4 is 11.7 Å². The number of anilines is 1. The Bertz CT molecular complexity index is 895. The third-order valence-electron chi connectivity index (χ3n) is 6.72. The van der Waals surface area contributed by atoms with Crippen LogP contribution in [0.3, 0.4) is 0 Å². The third-order valence-corrected chi connectivity index (χ3v) is 6.72. The van der Waals surface area contributed by atoms with E-state index >= 15 is 0 Å². The number of nitrogens with zero attached hydrogens (tertiary/aromatic N) is 3. The van der Waals surface area contributed by atoms with Gasteiger partial charge in [-0.1, -0.05) is 37.3 Å². The van der Waals surface area contributed by atoms with Crippen molar-refractivity contribution in [1.82, 2.24) is 14.9 Å². The molecule has 1 aromatic carbocycles. The van der Waals surface area contributed by atoms with Crippen molar-refractivity contribution in [1.29, 1.82) is 0 Å². The number of aromatic nitrogens is 2. The molecule has 0 saturated carbocycles. The average molecular weight is 409 g/mol. The Labute approximate surface area is 179 Å². The molecule has 2 saturated heterocycles. The van der Waals surface area contributed by atoms with Crippen LogP contribution in [0.15, 0.2) is 36.4 Å². The third kappa shape index (κ3) is 3.81. The fraction of sp³-hybridized carbons (Fsp3) is 0.542. The number of piperidine rings is 1. The molecule has 1 aromatic heterocycles. The molecule has 4 rings (SSSR count). The maximum absolute atomic E-state index is 14.0. The lowest BCUT2D eigenvalue weighted by molar-refractivity contribution is -0.143. The van der Waals surface area contributed by atoms with E-state index in [0.29, 0.717) is 19.8 Å². The van der Waals surface area contributed by atoms with Crippen molar-refractivity contribution in [2.45, 2.75) is 50.4 Å². The van der Waals surface area contributed by atoms with Gasteiger partial charge in [0.1, 0.15) is 11.6 Å². The lowest BCUT2D eigenvalue weighted by Crippen LogP contribution is -2.55. The molecule has 0 radical (unpaired) electrons. The second-order valence-electron chi connectivity index (χ2n) is 8.92. The molecule has 1 atom stereocenters. The van der Waals surface area contributed by atoms with Crippen molar-refractivity contribution in [3.05, 3.63) is 53.5 Å². The molecular formula is C24H32N4O2. The molecule has 2 aliphatic rings. The highest BCUT2D eigenvalue weighted by atomic mass is 16.5. The topological polar surface area (TPSA) is 67.4 Å². The summed E-state index contributed by atoms with van der Waals surface area (Å²) in [6.07, 6.45) is 3.39. The summed E-state index contributed by atoms with van der Waals surface area (Å²) in [4.78, 5) is 25.6. The molecular weight excluding hydrogens is 376 g/mol. The minimum absolute atomic E-state index is 0.226. The van der Waals surface area contributed by atoms with Gasteiger partial charge >= 0.3 is 0 Å². The largest absolute Gasteiger partial charge is 0.381 e. The SMILES string of the molecule is CNc1cc(C)nc([C@]2(C)CCCN(C(=O)C3(c4ccccc4)CCOCC3)C2)n1. The van der Waals surface area contributed by atoms with Gasteiger partial charge in [0, 0.05) is 50.5 Å². The van der Waals surface area contributed by atoms with Crippen molar-refractivity contribution in [2.75, 3.05) is 38.7 Å². The normalized spacial score (nSPS) is 23.8. The lowest BCUT2D eigenvalue weighted by atomic mass is 9.71. The zero-order valence-electron chi connectivity index (χ0n) is 18.3. The van der Waals surface area contributed by atoms with Crippen molar-refractivity contribution < 1.29 is 9.53 Å². The fourth-order valence-electron chi connectivity index (χ4n) is 4.97. The van der Waals surface area contributed by atoms with Crippen molar-refractivity contribution in [3.63, 3.8) is 0 Å². The van der Waals surface area contributed by atoms with E-state index in [1.165, 1.54) is 0 Å². The highest BCUT2D eigenvalue weighted by Gasteiger charge is 2.47. The second-order valence-corrected chi connectivity index (χ2v) is 8.92. The standard InChI is InChI=1S/C24H32N4O2/c1-18-16-20(25-3)27-21(26-18)23(2)10-7-13-28(17-23)22(29)24(11-14-30-15-12-24)19-8-5-4-6-9-19/h4-6,8-9,16H,7,10-15,17H2,1-3H3,(H,25,26,27)/t23-/m1/s1. The predicted molar refractivity (Wildman–Crippen MR) is 118 cm³/mol. The molecule has 30 heavy (non-hydrogen) atoms. The Hall–Kier alpha value is -2.47. The van der Waals surface area contributed by atoms with Crippen LogP contribution in [0.1, 0.15) is 49.7 Å². The van der Waals surface area contributed by atoms with E-state index in [2.05, 4.69) is 29.3 Å². The summed E-state index contributed by atoms with van der Waals surface area (Å²) < 4.78 is 5.64. The van der Waals surface area contributed by atoms with Gasteiger partial charge in [0.05, 0.1) is 5.41 Å². The van der Waals surface area contributed by atoms with E-state index < -0.39 is 5.41 Å². The maximum atomic E-state index is 14.0. The van der Waals surface area contributed by atoms with Gasteiger partial charge in [-0.05, 0) is 38.2 Å². The van der Waals surface area contributed by atoms with Gasteiger partial charge in [-0.2, -0.15) is 0 Å².